The molecule has 1 aromatic heterocycles. The van der Waals surface area contributed by atoms with Crippen molar-refractivity contribution in [3.05, 3.63) is 71.4 Å². The minimum atomic E-state index is -0.293. The Labute approximate surface area is 152 Å². The van der Waals surface area contributed by atoms with Gasteiger partial charge < -0.3 is 15.4 Å². The van der Waals surface area contributed by atoms with Gasteiger partial charge in [-0.2, -0.15) is 0 Å². The van der Waals surface area contributed by atoms with Gasteiger partial charge in [-0.1, -0.05) is 6.07 Å². The van der Waals surface area contributed by atoms with Crippen LogP contribution in [-0.2, 0) is 0 Å². The maximum Gasteiger partial charge on any atom is 0.276 e. The molecular formula is C20H20N4O2. The van der Waals surface area contributed by atoms with E-state index in [-0.39, 0.29) is 11.6 Å². The molecule has 0 radical (unpaired) electrons. The van der Waals surface area contributed by atoms with Crippen molar-refractivity contribution in [3.63, 3.8) is 0 Å². The van der Waals surface area contributed by atoms with Gasteiger partial charge in [0.15, 0.2) is 11.5 Å². The fraction of sp³-hybridized carbons (Fsp3) is 0.150. The number of aryl methyl sites for hydroxylation is 2. The van der Waals surface area contributed by atoms with E-state index in [2.05, 4.69) is 26.9 Å². The van der Waals surface area contributed by atoms with Crippen LogP contribution in [0.5, 0.6) is 5.75 Å². The Bertz CT molecular complexity index is 886. The Morgan fingerprint density at radius 1 is 0.885 bits per heavy atom. The average molecular weight is 348 g/mol. The van der Waals surface area contributed by atoms with E-state index in [0.29, 0.717) is 5.82 Å². The molecule has 0 aliphatic rings. The van der Waals surface area contributed by atoms with E-state index >= 15 is 0 Å². The molecule has 1 heterocycles. The third kappa shape index (κ3) is 4.36. The van der Waals surface area contributed by atoms with E-state index in [1.807, 2.05) is 50.2 Å². The second-order valence-corrected chi connectivity index (χ2v) is 5.99. The van der Waals surface area contributed by atoms with Crippen LogP contribution >= 0.6 is 0 Å². The third-order valence-electron chi connectivity index (χ3n) is 3.74. The molecule has 0 saturated carbocycles. The number of aromatic nitrogens is 2. The topological polar surface area (TPSA) is 76.1 Å². The van der Waals surface area contributed by atoms with Crippen molar-refractivity contribution in [2.24, 2.45) is 0 Å². The summed E-state index contributed by atoms with van der Waals surface area (Å²) in [5.41, 5.74) is 4.03. The van der Waals surface area contributed by atoms with Crippen LogP contribution in [-0.4, -0.2) is 23.2 Å². The summed E-state index contributed by atoms with van der Waals surface area (Å²) in [7, 11) is 1.62. The van der Waals surface area contributed by atoms with Crippen LogP contribution in [0.1, 0.15) is 21.6 Å². The number of amides is 1. The van der Waals surface area contributed by atoms with Crippen molar-refractivity contribution in [1.29, 1.82) is 0 Å². The average Bonchev–Trinajstić information content (AvgIpc) is 2.62. The van der Waals surface area contributed by atoms with Crippen LogP contribution in [0.25, 0.3) is 0 Å². The van der Waals surface area contributed by atoms with E-state index in [9.17, 15) is 4.79 Å². The highest BCUT2D eigenvalue weighted by molar-refractivity contribution is 6.02. The molecule has 6 nitrogen and oxygen atoms in total. The number of benzene rings is 2. The van der Waals surface area contributed by atoms with Gasteiger partial charge in [0, 0.05) is 11.4 Å². The minimum Gasteiger partial charge on any atom is -0.497 e. The Hall–Kier alpha value is -3.41. The predicted molar refractivity (Wildman–Crippen MR) is 102 cm³/mol. The molecule has 0 atom stereocenters. The number of ether oxygens (including phenoxy) is 1. The Morgan fingerprint density at radius 3 is 2.15 bits per heavy atom. The van der Waals surface area contributed by atoms with Gasteiger partial charge in [0.1, 0.15) is 5.75 Å². The summed E-state index contributed by atoms with van der Waals surface area (Å²) in [5.74, 6) is 1.04. The molecule has 2 aromatic carbocycles. The zero-order valence-electron chi connectivity index (χ0n) is 14.9. The van der Waals surface area contributed by atoms with Gasteiger partial charge in [0.25, 0.3) is 5.91 Å². The molecule has 0 aliphatic heterocycles. The molecule has 0 spiro atoms. The van der Waals surface area contributed by atoms with Gasteiger partial charge in [0.2, 0.25) is 0 Å². The van der Waals surface area contributed by atoms with Gasteiger partial charge >= 0.3 is 0 Å². The first-order valence-corrected chi connectivity index (χ1v) is 8.18. The predicted octanol–water partition coefficient (Wildman–Crippen LogP) is 4.10. The SMILES string of the molecule is COc1ccc(Nc2ccc(C(=O)Nc3cc(C)cc(C)c3)nn2)cc1. The Balaban J connectivity index is 1.67. The van der Waals surface area contributed by atoms with Crippen LogP contribution in [0.3, 0.4) is 0 Å². The van der Waals surface area contributed by atoms with Crippen molar-refractivity contribution in [2.45, 2.75) is 13.8 Å². The number of nitrogens with one attached hydrogen (secondary N) is 2. The minimum absolute atomic E-state index is 0.254. The number of anilines is 3. The number of carbonyl (C=O) groups excluding carboxylic acids is 1. The lowest BCUT2D eigenvalue weighted by molar-refractivity contribution is 0.102. The summed E-state index contributed by atoms with van der Waals surface area (Å²) >= 11 is 0. The number of carbonyl (C=O) groups is 1. The summed E-state index contributed by atoms with van der Waals surface area (Å²) in [5, 5.41) is 14.0. The van der Waals surface area contributed by atoms with Gasteiger partial charge in [-0.15, -0.1) is 10.2 Å². The third-order valence-corrected chi connectivity index (χ3v) is 3.74. The first-order valence-electron chi connectivity index (χ1n) is 8.18. The largest absolute Gasteiger partial charge is 0.497 e. The lowest BCUT2D eigenvalue weighted by Crippen LogP contribution is -2.14. The van der Waals surface area contributed by atoms with Crippen LogP contribution < -0.4 is 15.4 Å². The summed E-state index contributed by atoms with van der Waals surface area (Å²) < 4.78 is 5.12. The molecule has 0 bridgehead atoms. The van der Waals surface area contributed by atoms with Crippen LogP contribution in [0, 0.1) is 13.8 Å². The molecule has 0 unspecified atom stereocenters. The number of rotatable bonds is 5. The maximum absolute atomic E-state index is 12.3. The van der Waals surface area contributed by atoms with Gasteiger partial charge in [-0.05, 0) is 73.5 Å². The second-order valence-electron chi connectivity index (χ2n) is 5.99. The lowest BCUT2D eigenvalue weighted by atomic mass is 10.1. The fourth-order valence-corrected chi connectivity index (χ4v) is 2.58. The van der Waals surface area contributed by atoms with Gasteiger partial charge in [-0.25, -0.2) is 0 Å². The number of nitrogens with zero attached hydrogens (tertiary/aromatic N) is 2. The normalized spacial score (nSPS) is 10.3. The quantitative estimate of drug-likeness (QED) is 0.726. The smallest absolute Gasteiger partial charge is 0.276 e. The van der Waals surface area contributed by atoms with Crippen molar-refractivity contribution in [3.8, 4) is 5.75 Å². The standard InChI is InChI=1S/C20H20N4O2/c1-13-10-14(2)12-16(11-13)22-20(25)18-8-9-19(24-23-18)21-15-4-6-17(26-3)7-5-15/h4-12H,1-3H3,(H,21,24)(H,22,25). The monoisotopic (exact) mass is 348 g/mol. The lowest BCUT2D eigenvalue weighted by Gasteiger charge is -2.08. The number of hydrogen-bond acceptors (Lipinski definition) is 5. The highest BCUT2D eigenvalue weighted by Crippen LogP contribution is 2.19. The van der Waals surface area contributed by atoms with Crippen molar-refractivity contribution in [2.75, 3.05) is 17.7 Å². The molecule has 26 heavy (non-hydrogen) atoms. The highest BCUT2D eigenvalue weighted by atomic mass is 16.5. The van der Waals surface area contributed by atoms with Crippen LogP contribution in [0.2, 0.25) is 0 Å². The zero-order chi connectivity index (χ0) is 18.5. The van der Waals surface area contributed by atoms with Crippen LogP contribution in [0.15, 0.2) is 54.6 Å². The molecule has 2 N–H and O–H groups in total. The van der Waals surface area contributed by atoms with Gasteiger partial charge in [0.05, 0.1) is 7.11 Å². The summed E-state index contributed by atoms with van der Waals surface area (Å²) in [4.78, 5) is 12.3. The summed E-state index contributed by atoms with van der Waals surface area (Å²) in [6, 6.07) is 16.7. The molecule has 0 fully saturated rings. The molecule has 3 aromatic rings. The van der Waals surface area contributed by atoms with E-state index in [4.69, 9.17) is 4.74 Å². The number of hydrogen-bond donors (Lipinski definition) is 2. The molecular weight excluding hydrogens is 328 g/mol. The summed E-state index contributed by atoms with van der Waals surface area (Å²) in [6.45, 7) is 3.98. The highest BCUT2D eigenvalue weighted by Gasteiger charge is 2.09. The van der Waals surface area contributed by atoms with Gasteiger partial charge in [-0.3, -0.25) is 4.79 Å². The van der Waals surface area contributed by atoms with E-state index in [1.54, 1.807) is 19.2 Å². The zero-order valence-corrected chi connectivity index (χ0v) is 14.9. The van der Waals surface area contributed by atoms with E-state index < -0.39 is 0 Å². The fourth-order valence-electron chi connectivity index (χ4n) is 2.58. The van der Waals surface area contributed by atoms with Crippen molar-refractivity contribution < 1.29 is 9.53 Å². The van der Waals surface area contributed by atoms with Crippen molar-refractivity contribution in [1.82, 2.24) is 10.2 Å². The first kappa shape index (κ1) is 17.4. The molecule has 3 rings (SSSR count). The molecule has 0 aliphatic carbocycles. The number of methoxy groups -OCH3 is 1. The molecule has 0 saturated heterocycles. The van der Waals surface area contributed by atoms with E-state index in [0.717, 1.165) is 28.3 Å². The first-order chi connectivity index (χ1) is 12.5. The maximum atomic E-state index is 12.3. The Kier molecular flexibility index (Phi) is 5.12. The van der Waals surface area contributed by atoms with Crippen molar-refractivity contribution >= 4 is 23.1 Å². The van der Waals surface area contributed by atoms with Crippen LogP contribution in [0.4, 0.5) is 17.2 Å². The second kappa shape index (κ2) is 7.65. The molecule has 132 valence electrons. The Morgan fingerprint density at radius 2 is 1.58 bits per heavy atom. The summed E-state index contributed by atoms with van der Waals surface area (Å²) in [6.07, 6.45) is 0. The molecule has 1 amide bonds. The molecule has 6 heteroatoms. The van der Waals surface area contributed by atoms with E-state index in [1.165, 1.54) is 0 Å².